The highest BCUT2D eigenvalue weighted by Gasteiger charge is 2.42. The molecule has 1 atom stereocenters. The second-order valence-electron chi connectivity index (χ2n) is 6.39. The summed E-state index contributed by atoms with van der Waals surface area (Å²) in [5.41, 5.74) is -2.93. The van der Waals surface area contributed by atoms with Crippen LogP contribution >= 0.6 is 0 Å². The molecule has 2 aromatic rings. The third-order valence-electron chi connectivity index (χ3n) is 4.15. The smallest absolute Gasteiger partial charge is 0.435 e. The maximum atomic E-state index is 13.3. The molecule has 0 unspecified atom stereocenters. The molecule has 2 rings (SSSR count). The first-order valence-electron chi connectivity index (χ1n) is 7.88. The van der Waals surface area contributed by atoms with Gasteiger partial charge in [-0.15, -0.1) is 0 Å². The fourth-order valence-corrected chi connectivity index (χ4v) is 2.31. The van der Waals surface area contributed by atoms with E-state index in [9.17, 15) is 22.8 Å². The molecule has 0 N–H and O–H groups in total. The third-order valence-corrected chi connectivity index (χ3v) is 4.15. The van der Waals surface area contributed by atoms with E-state index in [2.05, 4.69) is 4.98 Å². The summed E-state index contributed by atoms with van der Waals surface area (Å²) in [5.74, 6) is -1.74. The number of alkyl halides is 3. The summed E-state index contributed by atoms with van der Waals surface area (Å²) in [6.45, 7) is 5.48. The summed E-state index contributed by atoms with van der Waals surface area (Å²) < 4.78 is 46.2. The maximum absolute atomic E-state index is 13.3. The Morgan fingerprint density at radius 3 is 2.23 bits per heavy atom. The van der Waals surface area contributed by atoms with Gasteiger partial charge in [0.25, 0.3) is 0 Å². The Morgan fingerprint density at radius 2 is 1.73 bits per heavy atom. The molecular formula is C18H19F3N2O3. The van der Waals surface area contributed by atoms with Gasteiger partial charge in [0, 0.05) is 0 Å². The Hall–Kier alpha value is -2.64. The first kappa shape index (κ1) is 19.7. The lowest BCUT2D eigenvalue weighted by Gasteiger charge is -2.24. The van der Waals surface area contributed by atoms with Gasteiger partial charge in [0.2, 0.25) is 0 Å². The van der Waals surface area contributed by atoms with Crippen molar-refractivity contribution in [3.05, 3.63) is 53.6 Å². The Bertz CT molecular complexity index is 811. The van der Waals surface area contributed by atoms with Crippen molar-refractivity contribution in [1.82, 2.24) is 9.55 Å². The molecule has 0 amide bonds. The number of ketones is 1. The zero-order chi connectivity index (χ0) is 19.7. The third kappa shape index (κ3) is 3.95. The van der Waals surface area contributed by atoms with Crippen LogP contribution in [-0.2, 0) is 15.7 Å². The molecule has 0 spiro atoms. The highest BCUT2D eigenvalue weighted by Crippen LogP contribution is 2.34. The van der Waals surface area contributed by atoms with E-state index in [4.69, 9.17) is 4.74 Å². The van der Waals surface area contributed by atoms with Crippen molar-refractivity contribution in [2.45, 2.75) is 45.5 Å². The molecule has 0 radical (unpaired) electrons. The van der Waals surface area contributed by atoms with Crippen molar-refractivity contribution >= 4 is 11.8 Å². The van der Waals surface area contributed by atoms with E-state index in [1.54, 1.807) is 37.3 Å². The first-order valence-corrected chi connectivity index (χ1v) is 7.88. The van der Waals surface area contributed by atoms with Crippen molar-refractivity contribution < 1.29 is 27.5 Å². The molecule has 0 fully saturated rings. The lowest BCUT2D eigenvalue weighted by Crippen LogP contribution is -2.36. The molecule has 0 saturated heterocycles. The van der Waals surface area contributed by atoms with Crippen molar-refractivity contribution in [3.63, 3.8) is 0 Å². The second kappa shape index (κ2) is 6.93. The van der Waals surface area contributed by atoms with Gasteiger partial charge in [-0.3, -0.25) is 4.79 Å². The van der Waals surface area contributed by atoms with E-state index < -0.39 is 41.0 Å². The number of nitrogens with zero attached hydrogens (tertiary/aromatic N) is 2. The zero-order valence-electron chi connectivity index (χ0n) is 14.8. The van der Waals surface area contributed by atoms with Crippen molar-refractivity contribution in [2.24, 2.45) is 0 Å². The molecule has 0 aliphatic heterocycles. The highest BCUT2D eigenvalue weighted by atomic mass is 19.4. The van der Waals surface area contributed by atoms with Crippen LogP contribution in [0.15, 0.2) is 36.7 Å². The second-order valence-corrected chi connectivity index (χ2v) is 6.39. The number of rotatable bonds is 5. The minimum Gasteiger partial charge on any atom is -0.447 e. The topological polar surface area (TPSA) is 61.2 Å². The van der Waals surface area contributed by atoms with Gasteiger partial charge in [0.1, 0.15) is 0 Å². The lowest BCUT2D eigenvalue weighted by molar-refractivity contribution is -0.142. The molecular weight excluding hydrogens is 349 g/mol. The van der Waals surface area contributed by atoms with Gasteiger partial charge in [0.15, 0.2) is 22.8 Å². The Morgan fingerprint density at radius 1 is 1.15 bits per heavy atom. The average molecular weight is 368 g/mol. The summed E-state index contributed by atoms with van der Waals surface area (Å²) >= 11 is 0. The van der Waals surface area contributed by atoms with Crippen molar-refractivity contribution in [1.29, 1.82) is 0 Å². The summed E-state index contributed by atoms with van der Waals surface area (Å²) in [6.07, 6.45) is -3.88. The predicted molar refractivity (Wildman–Crippen MR) is 87.7 cm³/mol. The largest absolute Gasteiger partial charge is 0.447 e. The molecule has 0 saturated carbocycles. The molecule has 1 heterocycles. The van der Waals surface area contributed by atoms with Crippen LogP contribution in [-0.4, -0.2) is 26.9 Å². The number of hydrogen-bond donors (Lipinski definition) is 0. The summed E-state index contributed by atoms with van der Waals surface area (Å²) in [5, 5.41) is 0. The van der Waals surface area contributed by atoms with Gasteiger partial charge in [-0.1, -0.05) is 30.3 Å². The van der Waals surface area contributed by atoms with Crippen LogP contribution in [0.4, 0.5) is 13.2 Å². The summed E-state index contributed by atoms with van der Waals surface area (Å²) in [4.78, 5) is 27.5. The van der Waals surface area contributed by atoms with E-state index in [0.717, 1.165) is 10.9 Å². The van der Waals surface area contributed by atoms with Gasteiger partial charge in [-0.25, -0.2) is 9.78 Å². The fraction of sp³-hybridized carbons (Fsp3) is 0.389. The minimum absolute atomic E-state index is 0.485. The van der Waals surface area contributed by atoms with Crippen LogP contribution in [0.3, 0.4) is 0 Å². The molecule has 0 bridgehead atoms. The van der Waals surface area contributed by atoms with Gasteiger partial charge in [0.05, 0.1) is 12.4 Å². The molecule has 1 aromatic carbocycles. The van der Waals surface area contributed by atoms with Crippen LogP contribution in [0.5, 0.6) is 0 Å². The van der Waals surface area contributed by atoms with Crippen LogP contribution in [0, 0.1) is 0 Å². The maximum Gasteiger partial charge on any atom is 0.435 e. The molecule has 0 aliphatic carbocycles. The number of benzene rings is 1. The van der Waals surface area contributed by atoms with Crippen LogP contribution in [0.25, 0.3) is 0 Å². The van der Waals surface area contributed by atoms with Gasteiger partial charge < -0.3 is 9.30 Å². The standard InChI is InChI=1S/C18H19F3N2O3/c1-11(13-8-6-5-7-9-13)23-10-22-15(18(19,20)21)14(23)16(25)26-17(3,4)12(2)24/h5-11H,1-4H3/t11-/m1/s1. The minimum atomic E-state index is -4.84. The fourth-order valence-electron chi connectivity index (χ4n) is 2.31. The molecule has 5 nitrogen and oxygen atoms in total. The van der Waals surface area contributed by atoms with Crippen molar-refractivity contribution in [3.8, 4) is 0 Å². The van der Waals surface area contributed by atoms with E-state index in [0.29, 0.717) is 5.56 Å². The number of hydrogen-bond acceptors (Lipinski definition) is 4. The Labute approximate surface area is 148 Å². The van der Waals surface area contributed by atoms with Crippen molar-refractivity contribution in [2.75, 3.05) is 0 Å². The number of aromatic nitrogens is 2. The number of esters is 1. The SMILES string of the molecule is CC(=O)C(C)(C)OC(=O)c1c(C(F)(F)F)ncn1[C@H](C)c1ccccc1. The Balaban J connectivity index is 2.53. The molecule has 26 heavy (non-hydrogen) atoms. The number of halogens is 3. The van der Waals surface area contributed by atoms with E-state index in [-0.39, 0.29) is 0 Å². The number of carbonyl (C=O) groups is 2. The van der Waals surface area contributed by atoms with Gasteiger partial charge in [-0.05, 0) is 33.3 Å². The van der Waals surface area contributed by atoms with Gasteiger partial charge >= 0.3 is 12.1 Å². The quantitative estimate of drug-likeness (QED) is 0.748. The van der Waals surface area contributed by atoms with Crippen LogP contribution < -0.4 is 0 Å². The highest BCUT2D eigenvalue weighted by molar-refractivity contribution is 5.93. The molecule has 140 valence electrons. The zero-order valence-corrected chi connectivity index (χ0v) is 14.8. The molecule has 1 aromatic heterocycles. The number of carbonyl (C=O) groups excluding carboxylic acids is 2. The molecule has 8 heteroatoms. The predicted octanol–water partition coefficient (Wildman–Crippen LogP) is 4.04. The van der Waals surface area contributed by atoms with E-state index in [1.807, 2.05) is 0 Å². The van der Waals surface area contributed by atoms with Crippen LogP contribution in [0.1, 0.15) is 55.5 Å². The normalized spacial score (nSPS) is 13.3. The Kier molecular flexibility index (Phi) is 5.25. The van der Waals surface area contributed by atoms with E-state index >= 15 is 0 Å². The average Bonchev–Trinajstić information content (AvgIpc) is 2.99. The molecule has 0 aliphatic rings. The van der Waals surface area contributed by atoms with Gasteiger partial charge in [-0.2, -0.15) is 13.2 Å². The summed E-state index contributed by atoms with van der Waals surface area (Å²) in [6, 6.07) is 8.12. The summed E-state index contributed by atoms with van der Waals surface area (Å²) in [7, 11) is 0. The lowest BCUT2D eigenvalue weighted by atomic mass is 10.1. The van der Waals surface area contributed by atoms with Crippen LogP contribution in [0.2, 0.25) is 0 Å². The number of ether oxygens (including phenoxy) is 1. The monoisotopic (exact) mass is 368 g/mol. The van der Waals surface area contributed by atoms with E-state index in [1.165, 1.54) is 20.8 Å². The number of Topliss-reactive ketones (excluding diaryl/α,β-unsaturated/α-hetero) is 1. The number of imidazole rings is 1. The first-order chi connectivity index (χ1) is 11.9.